The van der Waals surface area contributed by atoms with E-state index < -0.39 is 0 Å². The molecule has 3 N–H and O–H groups in total. The molecule has 0 aromatic heterocycles. The second kappa shape index (κ2) is 1.87. The summed E-state index contributed by atoms with van der Waals surface area (Å²) < 4.78 is 0. The molecule has 2 aliphatic rings. The first-order valence-electron chi connectivity index (χ1n) is 3.90. The van der Waals surface area contributed by atoms with Crippen molar-refractivity contribution in [1.29, 1.82) is 0 Å². The topological polar surface area (TPSA) is 50.4 Å². The molecular formula is C7H13N3. The largest absolute Gasteiger partial charge is 0.386 e. The van der Waals surface area contributed by atoms with Gasteiger partial charge in [0.1, 0.15) is 5.84 Å². The Morgan fingerprint density at radius 3 is 2.60 bits per heavy atom. The van der Waals surface area contributed by atoms with Gasteiger partial charge < -0.3 is 11.2 Å². The molecule has 1 aliphatic heterocycles. The van der Waals surface area contributed by atoms with Crippen LogP contribution in [0.4, 0.5) is 0 Å². The molecule has 0 aromatic carbocycles. The smallest absolute Gasteiger partial charge is 0.122 e. The quantitative estimate of drug-likeness (QED) is 0.515. The molecular weight excluding hydrogens is 126 g/mol. The van der Waals surface area contributed by atoms with E-state index in [0.29, 0.717) is 0 Å². The van der Waals surface area contributed by atoms with Crippen molar-refractivity contribution in [1.82, 2.24) is 5.43 Å². The van der Waals surface area contributed by atoms with Crippen LogP contribution in [-0.4, -0.2) is 11.4 Å². The lowest BCUT2D eigenvalue weighted by atomic mass is 9.95. The summed E-state index contributed by atoms with van der Waals surface area (Å²) in [6, 6.07) is 0. The van der Waals surface area contributed by atoms with Crippen LogP contribution >= 0.6 is 0 Å². The van der Waals surface area contributed by atoms with Gasteiger partial charge in [0.25, 0.3) is 0 Å². The fourth-order valence-corrected chi connectivity index (χ4v) is 1.96. The minimum absolute atomic E-state index is 0.282. The molecule has 1 saturated carbocycles. The summed E-state index contributed by atoms with van der Waals surface area (Å²) in [7, 11) is 0. The fraction of sp³-hybridized carbons (Fsp3) is 0.857. The number of amidine groups is 1. The van der Waals surface area contributed by atoms with E-state index in [4.69, 9.17) is 5.73 Å². The molecule has 0 atom stereocenters. The first-order chi connectivity index (χ1) is 4.81. The Kier molecular flexibility index (Phi) is 1.13. The zero-order valence-electron chi connectivity index (χ0n) is 6.06. The first kappa shape index (κ1) is 6.01. The summed E-state index contributed by atoms with van der Waals surface area (Å²) in [4.78, 5) is 0. The summed E-state index contributed by atoms with van der Waals surface area (Å²) in [5, 5.41) is 4.02. The zero-order chi connectivity index (χ0) is 7.03. The van der Waals surface area contributed by atoms with Crippen LogP contribution in [0, 0.1) is 0 Å². The number of rotatable bonds is 0. The van der Waals surface area contributed by atoms with Crippen molar-refractivity contribution in [2.24, 2.45) is 10.8 Å². The average Bonchev–Trinajstić information content (AvgIpc) is 2.46. The Hall–Kier alpha value is -0.730. The molecule has 1 aliphatic carbocycles. The van der Waals surface area contributed by atoms with Crippen LogP contribution in [0.2, 0.25) is 0 Å². The van der Waals surface area contributed by atoms with E-state index in [2.05, 4.69) is 10.5 Å². The Morgan fingerprint density at radius 2 is 2.10 bits per heavy atom. The maximum Gasteiger partial charge on any atom is 0.122 e. The third-order valence-electron chi connectivity index (χ3n) is 2.52. The summed E-state index contributed by atoms with van der Waals surface area (Å²) in [6.07, 6.45) is 6.12. The van der Waals surface area contributed by atoms with Crippen LogP contribution in [0.1, 0.15) is 32.1 Å². The molecule has 10 heavy (non-hydrogen) atoms. The lowest BCUT2D eigenvalue weighted by Gasteiger charge is -2.21. The zero-order valence-corrected chi connectivity index (χ0v) is 6.06. The molecule has 0 radical (unpaired) electrons. The third-order valence-corrected chi connectivity index (χ3v) is 2.52. The SMILES string of the molecule is NC1=NNC2(CCCC2)C1. The normalized spacial score (nSPS) is 28.6. The lowest BCUT2D eigenvalue weighted by Crippen LogP contribution is -2.35. The standard InChI is InChI=1S/C7H13N3/c8-6-5-7(10-9-6)3-1-2-4-7/h10H,1-5H2,(H2,8,9). The highest BCUT2D eigenvalue weighted by Crippen LogP contribution is 2.34. The van der Waals surface area contributed by atoms with E-state index in [1.165, 1.54) is 25.7 Å². The maximum absolute atomic E-state index is 5.58. The van der Waals surface area contributed by atoms with Crippen molar-refractivity contribution in [3.63, 3.8) is 0 Å². The van der Waals surface area contributed by atoms with Gasteiger partial charge in [-0.2, -0.15) is 5.10 Å². The van der Waals surface area contributed by atoms with Crippen LogP contribution in [0.5, 0.6) is 0 Å². The molecule has 0 unspecified atom stereocenters. The first-order valence-corrected chi connectivity index (χ1v) is 3.90. The van der Waals surface area contributed by atoms with Gasteiger partial charge in [-0.1, -0.05) is 12.8 Å². The molecule has 3 nitrogen and oxygen atoms in total. The molecule has 0 saturated heterocycles. The summed E-state index contributed by atoms with van der Waals surface area (Å²) in [6.45, 7) is 0. The number of nitrogens with one attached hydrogen (secondary N) is 1. The van der Waals surface area contributed by atoms with E-state index in [1.54, 1.807) is 0 Å². The Bertz CT molecular complexity index is 168. The monoisotopic (exact) mass is 139 g/mol. The van der Waals surface area contributed by atoms with Gasteiger partial charge in [-0.25, -0.2) is 0 Å². The molecule has 2 rings (SSSR count). The van der Waals surface area contributed by atoms with Gasteiger partial charge in [-0.3, -0.25) is 0 Å². The van der Waals surface area contributed by atoms with E-state index in [0.717, 1.165) is 12.3 Å². The van der Waals surface area contributed by atoms with E-state index in [1.807, 2.05) is 0 Å². The number of hydrazone groups is 1. The highest BCUT2D eigenvalue weighted by atomic mass is 15.4. The molecule has 0 aromatic rings. The summed E-state index contributed by atoms with van der Waals surface area (Å²) >= 11 is 0. The van der Waals surface area contributed by atoms with Crippen LogP contribution in [-0.2, 0) is 0 Å². The van der Waals surface area contributed by atoms with E-state index >= 15 is 0 Å². The highest BCUT2D eigenvalue weighted by molar-refractivity contribution is 5.82. The van der Waals surface area contributed by atoms with Crippen LogP contribution in [0.3, 0.4) is 0 Å². The Labute approximate surface area is 60.7 Å². The van der Waals surface area contributed by atoms with E-state index in [-0.39, 0.29) is 5.54 Å². The molecule has 3 heteroatoms. The van der Waals surface area contributed by atoms with Crippen LogP contribution in [0.25, 0.3) is 0 Å². The number of hydrogen-bond acceptors (Lipinski definition) is 3. The number of hydrogen-bond donors (Lipinski definition) is 2. The van der Waals surface area contributed by atoms with Crippen molar-refractivity contribution in [2.75, 3.05) is 0 Å². The van der Waals surface area contributed by atoms with Gasteiger partial charge in [0.05, 0.1) is 5.54 Å². The van der Waals surface area contributed by atoms with E-state index in [9.17, 15) is 0 Å². The van der Waals surface area contributed by atoms with Gasteiger partial charge in [-0.05, 0) is 12.8 Å². The van der Waals surface area contributed by atoms with Crippen LogP contribution < -0.4 is 11.2 Å². The number of nitrogens with two attached hydrogens (primary N) is 1. The summed E-state index contributed by atoms with van der Waals surface area (Å²) in [5.74, 6) is 0.780. The fourth-order valence-electron chi connectivity index (χ4n) is 1.96. The van der Waals surface area contributed by atoms with Crippen molar-refractivity contribution < 1.29 is 0 Å². The van der Waals surface area contributed by atoms with Crippen molar-refractivity contribution in [2.45, 2.75) is 37.6 Å². The third kappa shape index (κ3) is 0.770. The molecule has 0 bridgehead atoms. The van der Waals surface area contributed by atoms with Gasteiger partial charge in [0.15, 0.2) is 0 Å². The highest BCUT2D eigenvalue weighted by Gasteiger charge is 2.37. The second-order valence-electron chi connectivity index (χ2n) is 3.38. The molecule has 1 spiro atoms. The van der Waals surface area contributed by atoms with Crippen molar-refractivity contribution >= 4 is 5.84 Å². The van der Waals surface area contributed by atoms with Gasteiger partial charge in [-0.15, -0.1) is 0 Å². The Balaban J connectivity index is 2.07. The predicted octanol–water partition coefficient (Wildman–Crippen LogP) is 0.565. The van der Waals surface area contributed by atoms with Gasteiger partial charge in [0.2, 0.25) is 0 Å². The minimum atomic E-state index is 0.282. The van der Waals surface area contributed by atoms with Gasteiger partial charge in [0, 0.05) is 6.42 Å². The second-order valence-corrected chi connectivity index (χ2v) is 3.38. The van der Waals surface area contributed by atoms with Crippen molar-refractivity contribution in [3.8, 4) is 0 Å². The van der Waals surface area contributed by atoms with Crippen LogP contribution in [0.15, 0.2) is 5.10 Å². The minimum Gasteiger partial charge on any atom is -0.386 e. The molecule has 56 valence electrons. The van der Waals surface area contributed by atoms with Crippen molar-refractivity contribution in [3.05, 3.63) is 0 Å². The molecule has 1 heterocycles. The predicted molar refractivity (Wildman–Crippen MR) is 40.6 cm³/mol. The average molecular weight is 139 g/mol. The molecule has 1 fully saturated rings. The number of nitrogens with zero attached hydrogens (tertiary/aromatic N) is 1. The lowest BCUT2D eigenvalue weighted by molar-refractivity contribution is 0.378. The van der Waals surface area contributed by atoms with Gasteiger partial charge >= 0.3 is 0 Å². The molecule has 0 amide bonds. The summed E-state index contributed by atoms with van der Waals surface area (Å²) in [5.41, 5.74) is 9.00. The maximum atomic E-state index is 5.58. The Morgan fingerprint density at radius 1 is 1.40 bits per heavy atom.